The van der Waals surface area contributed by atoms with Crippen LogP contribution in [0, 0.1) is 0 Å². The van der Waals surface area contributed by atoms with E-state index >= 15 is 0 Å². The van der Waals surface area contributed by atoms with E-state index in [1.807, 2.05) is 12.2 Å². The SMILES string of the molecule is CCN(CC)CC=Cc1ccccc1S(=O)(=O)Cc1ccc(-c2ccoc2)c(OC)c1C(=O)O.CCN(CC)CC=Cc1ccccc1S(=O)(=O)Cc1ccc(-c2ccoc2)c(OC)c1C(=O)O. The Balaban J connectivity index is 0.000000254. The highest BCUT2D eigenvalue weighted by molar-refractivity contribution is 7.91. The zero-order valence-corrected chi connectivity index (χ0v) is 40.7. The molecule has 0 saturated carbocycles. The maximum Gasteiger partial charge on any atom is 0.339 e. The number of furan rings is 2. The van der Waals surface area contributed by atoms with Crippen molar-refractivity contribution in [3.05, 3.63) is 156 Å². The molecule has 0 aliphatic heterocycles. The van der Waals surface area contributed by atoms with E-state index in [0.29, 0.717) is 46.5 Å². The number of sulfone groups is 2. The van der Waals surface area contributed by atoms with Crippen LogP contribution >= 0.6 is 0 Å². The second-order valence-electron chi connectivity index (χ2n) is 15.4. The van der Waals surface area contributed by atoms with E-state index in [1.54, 1.807) is 84.9 Å². The van der Waals surface area contributed by atoms with Gasteiger partial charge in [0.1, 0.15) is 22.6 Å². The Labute approximate surface area is 398 Å². The monoisotopic (exact) mass is 966 g/mol. The summed E-state index contributed by atoms with van der Waals surface area (Å²) in [6.45, 7) is 13.3. The maximum atomic E-state index is 13.4. The maximum absolute atomic E-state index is 13.4. The fourth-order valence-electron chi connectivity index (χ4n) is 7.66. The highest BCUT2D eigenvalue weighted by atomic mass is 32.2. The first-order chi connectivity index (χ1) is 32.6. The lowest BCUT2D eigenvalue weighted by atomic mass is 9.99. The molecule has 2 heterocycles. The van der Waals surface area contributed by atoms with E-state index in [4.69, 9.17) is 18.3 Å². The van der Waals surface area contributed by atoms with Gasteiger partial charge in [-0.05, 0) is 72.7 Å². The predicted octanol–water partition coefficient (Wildman–Crippen LogP) is 9.96. The average molecular weight is 967 g/mol. The molecule has 0 spiro atoms. The summed E-state index contributed by atoms with van der Waals surface area (Å²) in [5, 5.41) is 19.8. The van der Waals surface area contributed by atoms with Crippen molar-refractivity contribution in [1.82, 2.24) is 9.80 Å². The van der Waals surface area contributed by atoms with Crippen LogP contribution in [-0.2, 0) is 31.2 Å². The number of aromatic carboxylic acids is 2. The largest absolute Gasteiger partial charge is 0.495 e. The van der Waals surface area contributed by atoms with Gasteiger partial charge in [0.25, 0.3) is 0 Å². The molecule has 0 unspecified atom stereocenters. The molecule has 6 rings (SSSR count). The smallest absolute Gasteiger partial charge is 0.339 e. The molecule has 0 atom stereocenters. The molecule has 0 saturated heterocycles. The van der Waals surface area contributed by atoms with E-state index in [2.05, 4.69) is 37.5 Å². The van der Waals surface area contributed by atoms with E-state index in [-0.39, 0.29) is 43.5 Å². The molecule has 68 heavy (non-hydrogen) atoms. The average Bonchev–Trinajstić information content (AvgIpc) is 4.08. The summed E-state index contributed by atoms with van der Waals surface area (Å²) in [7, 11) is -4.99. The third-order valence-electron chi connectivity index (χ3n) is 11.3. The van der Waals surface area contributed by atoms with Crippen LogP contribution < -0.4 is 9.47 Å². The Morgan fingerprint density at radius 3 is 1.24 bits per heavy atom. The van der Waals surface area contributed by atoms with Gasteiger partial charge in [0.15, 0.2) is 19.7 Å². The number of carboxylic acids is 2. The van der Waals surface area contributed by atoms with Gasteiger partial charge < -0.3 is 38.3 Å². The Bertz CT molecular complexity index is 2720. The molecule has 360 valence electrons. The first kappa shape index (κ1) is 52.3. The van der Waals surface area contributed by atoms with Gasteiger partial charge in [0.2, 0.25) is 0 Å². The van der Waals surface area contributed by atoms with Crippen molar-refractivity contribution in [2.24, 2.45) is 0 Å². The number of likely N-dealkylation sites (N-methyl/N-ethyl adjacent to an activating group) is 2. The number of benzene rings is 4. The summed E-state index contributed by atoms with van der Waals surface area (Å²) in [5.41, 5.74) is 3.36. The fraction of sp³-hybridized carbons (Fsp3) is 0.269. The van der Waals surface area contributed by atoms with Crippen molar-refractivity contribution < 1.29 is 54.9 Å². The summed E-state index contributed by atoms with van der Waals surface area (Å²) in [4.78, 5) is 29.0. The van der Waals surface area contributed by atoms with Gasteiger partial charge in [-0.15, -0.1) is 0 Å². The van der Waals surface area contributed by atoms with Gasteiger partial charge in [0.05, 0.1) is 60.6 Å². The minimum atomic E-state index is -3.86. The van der Waals surface area contributed by atoms with Crippen molar-refractivity contribution >= 4 is 43.8 Å². The number of hydrogen-bond acceptors (Lipinski definition) is 12. The Kier molecular flexibility index (Phi) is 18.7. The summed E-state index contributed by atoms with van der Waals surface area (Å²) in [6, 6.07) is 23.2. The normalized spacial score (nSPS) is 11.9. The number of nitrogens with zero attached hydrogens (tertiary/aromatic N) is 2. The Morgan fingerprint density at radius 1 is 0.559 bits per heavy atom. The van der Waals surface area contributed by atoms with Crippen molar-refractivity contribution in [3.8, 4) is 33.8 Å². The molecule has 0 aliphatic carbocycles. The number of carboxylic acid groups (broad SMARTS) is 2. The lowest BCUT2D eigenvalue weighted by Crippen LogP contribution is -2.22. The van der Waals surface area contributed by atoms with Crippen LogP contribution in [0.4, 0.5) is 0 Å². The van der Waals surface area contributed by atoms with Crippen LogP contribution in [0.25, 0.3) is 34.4 Å². The van der Waals surface area contributed by atoms with Gasteiger partial charge in [-0.2, -0.15) is 0 Å². The molecule has 4 aromatic carbocycles. The van der Waals surface area contributed by atoms with E-state index in [0.717, 1.165) is 26.2 Å². The van der Waals surface area contributed by atoms with Gasteiger partial charge in [-0.25, -0.2) is 26.4 Å². The highest BCUT2D eigenvalue weighted by Gasteiger charge is 2.28. The molecule has 0 fully saturated rings. The second-order valence-corrected chi connectivity index (χ2v) is 19.3. The molecule has 0 amide bonds. The summed E-state index contributed by atoms with van der Waals surface area (Å²) < 4.78 is 74.7. The van der Waals surface area contributed by atoms with Crippen molar-refractivity contribution in [2.75, 3.05) is 53.5 Å². The van der Waals surface area contributed by atoms with Gasteiger partial charge in [-0.1, -0.05) is 113 Å². The first-order valence-corrected chi connectivity index (χ1v) is 25.3. The Hall–Kier alpha value is -6.72. The molecule has 16 heteroatoms. The molecule has 0 bridgehead atoms. The summed E-state index contributed by atoms with van der Waals surface area (Å²) >= 11 is 0. The fourth-order valence-corrected chi connectivity index (χ4v) is 10.8. The number of methoxy groups -OCH3 is 2. The quantitative estimate of drug-likeness (QED) is 0.0653. The van der Waals surface area contributed by atoms with Crippen LogP contribution in [0.5, 0.6) is 11.5 Å². The zero-order chi connectivity index (χ0) is 49.4. The highest BCUT2D eigenvalue weighted by Crippen LogP contribution is 2.38. The third-order valence-corrected chi connectivity index (χ3v) is 14.8. The van der Waals surface area contributed by atoms with Crippen LogP contribution in [-0.4, -0.2) is 102 Å². The van der Waals surface area contributed by atoms with Crippen LogP contribution in [0.3, 0.4) is 0 Å². The topological polar surface area (TPSA) is 194 Å². The number of ether oxygens (including phenoxy) is 2. The lowest BCUT2D eigenvalue weighted by molar-refractivity contribution is 0.0681. The summed E-state index contributed by atoms with van der Waals surface area (Å²) in [5.74, 6) is -3.29. The number of carbonyl (C=O) groups is 2. The first-order valence-electron chi connectivity index (χ1n) is 22.0. The molecule has 14 nitrogen and oxygen atoms in total. The third kappa shape index (κ3) is 12.8. The Morgan fingerprint density at radius 2 is 0.926 bits per heavy atom. The lowest BCUT2D eigenvalue weighted by Gasteiger charge is -2.16. The minimum Gasteiger partial charge on any atom is -0.495 e. The molecule has 0 radical (unpaired) electrons. The minimum absolute atomic E-state index is 0.0917. The summed E-state index contributed by atoms with van der Waals surface area (Å²) in [6.07, 6.45) is 13.4. The molecule has 6 aromatic rings. The predicted molar refractivity (Wildman–Crippen MR) is 264 cm³/mol. The van der Waals surface area contributed by atoms with E-state index < -0.39 is 43.1 Å². The van der Waals surface area contributed by atoms with Gasteiger partial charge in [-0.3, -0.25) is 0 Å². The number of rotatable bonds is 22. The van der Waals surface area contributed by atoms with Crippen molar-refractivity contribution in [3.63, 3.8) is 0 Å². The van der Waals surface area contributed by atoms with Crippen molar-refractivity contribution in [2.45, 2.75) is 49.0 Å². The van der Waals surface area contributed by atoms with Gasteiger partial charge >= 0.3 is 11.9 Å². The standard InChI is InChI=1S/2C26H29NO6S/c2*1-4-27(5-2)15-8-10-19-9-6-7-11-23(19)34(30,31)18-21-12-13-22(20-14-16-33-17-20)25(32-3)24(21)26(28)29/h2*6-14,16-17H,4-5,15,18H2,1-3H3,(H,28,29). The van der Waals surface area contributed by atoms with Crippen LogP contribution in [0.2, 0.25) is 0 Å². The molecule has 2 aromatic heterocycles. The molecule has 2 N–H and O–H groups in total. The van der Waals surface area contributed by atoms with E-state index in [9.17, 15) is 36.6 Å². The molecular weight excluding hydrogens is 909 g/mol. The zero-order valence-electron chi connectivity index (χ0n) is 39.0. The number of hydrogen-bond donors (Lipinski definition) is 2. The van der Waals surface area contributed by atoms with Crippen molar-refractivity contribution in [1.29, 1.82) is 0 Å². The van der Waals surface area contributed by atoms with E-state index in [1.165, 1.54) is 51.4 Å². The molecular formula is C52H58N2O12S2. The van der Waals surface area contributed by atoms with Crippen LogP contribution in [0.15, 0.2) is 141 Å². The molecule has 0 aliphatic rings. The van der Waals surface area contributed by atoms with Crippen LogP contribution in [0.1, 0.15) is 70.7 Å². The second kappa shape index (κ2) is 24.3. The van der Waals surface area contributed by atoms with Gasteiger partial charge in [0, 0.05) is 35.3 Å².